The quantitative estimate of drug-likeness (QED) is 0.633. The molecule has 6 atom stereocenters. The summed E-state index contributed by atoms with van der Waals surface area (Å²) in [5, 5.41) is 0. The van der Waals surface area contributed by atoms with Gasteiger partial charge in [0.25, 0.3) is 0 Å². The topological polar surface area (TPSA) is 17.1 Å². The highest BCUT2D eigenvalue weighted by molar-refractivity contribution is 5.75. The van der Waals surface area contributed by atoms with Gasteiger partial charge in [0.1, 0.15) is 5.78 Å². The molecule has 118 valence electrons. The Hall–Kier alpha value is -0.590. The van der Waals surface area contributed by atoms with E-state index in [9.17, 15) is 4.79 Å². The minimum absolute atomic E-state index is 0.368. The van der Waals surface area contributed by atoms with E-state index in [1.807, 2.05) is 0 Å². The zero-order valence-corrected chi connectivity index (χ0v) is 14.4. The minimum Gasteiger partial charge on any atom is -0.300 e. The van der Waals surface area contributed by atoms with Crippen LogP contribution in [0.5, 0.6) is 0 Å². The lowest BCUT2D eigenvalue weighted by molar-refractivity contribution is -0.117. The molecular weight excluding hydrogens is 256 g/mol. The fourth-order valence-electron chi connectivity index (χ4n) is 6.12. The van der Waals surface area contributed by atoms with Crippen molar-refractivity contribution in [2.24, 2.45) is 34.5 Å². The van der Waals surface area contributed by atoms with Gasteiger partial charge in [-0.2, -0.15) is 0 Å². The number of Topliss-reactive ketones (excluding diaryl/α,β-unsaturated/α-hetero) is 1. The van der Waals surface area contributed by atoms with Crippen LogP contribution in [-0.4, -0.2) is 5.78 Å². The van der Waals surface area contributed by atoms with Gasteiger partial charge in [0.15, 0.2) is 0 Å². The Labute approximate surface area is 130 Å². The average molecular weight is 288 g/mol. The van der Waals surface area contributed by atoms with Crippen molar-refractivity contribution in [1.82, 2.24) is 0 Å². The normalized spacial score (nSPS) is 48.2. The molecule has 1 nitrogen and oxygen atoms in total. The number of carbonyl (C=O) groups is 1. The molecule has 0 bridgehead atoms. The first-order chi connectivity index (χ1) is 9.78. The molecule has 0 saturated heterocycles. The largest absolute Gasteiger partial charge is 0.300 e. The van der Waals surface area contributed by atoms with Gasteiger partial charge in [0.05, 0.1) is 0 Å². The van der Waals surface area contributed by atoms with Crippen LogP contribution in [0.3, 0.4) is 0 Å². The molecule has 0 spiro atoms. The number of fused-ring (bicyclic) bond motifs is 2. The van der Waals surface area contributed by atoms with E-state index in [1.165, 1.54) is 37.7 Å². The summed E-state index contributed by atoms with van der Waals surface area (Å²) in [5.74, 6) is 3.71. The van der Waals surface area contributed by atoms with Gasteiger partial charge in [-0.3, -0.25) is 0 Å². The second-order valence-corrected chi connectivity index (χ2v) is 8.95. The molecule has 6 unspecified atom stereocenters. The summed E-state index contributed by atoms with van der Waals surface area (Å²) in [7, 11) is 0. The van der Waals surface area contributed by atoms with Crippen LogP contribution < -0.4 is 0 Å². The second-order valence-electron chi connectivity index (χ2n) is 8.95. The second kappa shape index (κ2) is 4.96. The molecule has 0 N–H and O–H groups in total. The van der Waals surface area contributed by atoms with Crippen LogP contribution in [-0.2, 0) is 4.79 Å². The van der Waals surface area contributed by atoms with E-state index in [0.29, 0.717) is 16.6 Å². The SMILES string of the molecule is C=C(C)C1CCC2(C)CC3C(CCC(C)=O)C3(C)CCC12. The molecular formula is C20H32O. The first-order valence-electron chi connectivity index (χ1n) is 8.93. The van der Waals surface area contributed by atoms with Crippen LogP contribution in [0.25, 0.3) is 0 Å². The molecule has 3 aliphatic carbocycles. The lowest BCUT2D eigenvalue weighted by atomic mass is 9.71. The van der Waals surface area contributed by atoms with E-state index in [2.05, 4.69) is 27.4 Å². The average Bonchev–Trinajstić information content (AvgIpc) is 2.80. The zero-order valence-electron chi connectivity index (χ0n) is 14.4. The smallest absolute Gasteiger partial charge is 0.129 e. The lowest BCUT2D eigenvalue weighted by Gasteiger charge is -2.34. The van der Waals surface area contributed by atoms with Crippen LogP contribution in [0.2, 0.25) is 0 Å². The third-order valence-electron chi connectivity index (χ3n) is 7.60. The molecule has 0 aromatic carbocycles. The molecule has 0 aromatic rings. The van der Waals surface area contributed by atoms with Crippen LogP contribution in [0.15, 0.2) is 12.2 Å². The minimum atomic E-state index is 0.368. The first kappa shape index (κ1) is 15.3. The van der Waals surface area contributed by atoms with Crippen molar-refractivity contribution in [2.75, 3.05) is 0 Å². The number of allylic oxidation sites excluding steroid dienone is 1. The van der Waals surface area contributed by atoms with Crippen molar-refractivity contribution < 1.29 is 4.79 Å². The number of hydrogen-bond acceptors (Lipinski definition) is 1. The van der Waals surface area contributed by atoms with Crippen molar-refractivity contribution >= 4 is 5.78 Å². The summed E-state index contributed by atoms with van der Waals surface area (Å²) in [4.78, 5) is 11.3. The third-order valence-corrected chi connectivity index (χ3v) is 7.60. The monoisotopic (exact) mass is 288 g/mol. The molecule has 0 radical (unpaired) electrons. The predicted molar refractivity (Wildman–Crippen MR) is 88.0 cm³/mol. The maximum Gasteiger partial charge on any atom is 0.129 e. The van der Waals surface area contributed by atoms with Gasteiger partial charge in [0.2, 0.25) is 0 Å². The highest BCUT2D eigenvalue weighted by atomic mass is 16.1. The Morgan fingerprint density at radius 1 is 1.14 bits per heavy atom. The van der Waals surface area contributed by atoms with Gasteiger partial charge < -0.3 is 4.79 Å². The summed E-state index contributed by atoms with van der Waals surface area (Å²) in [6.07, 6.45) is 8.86. The van der Waals surface area contributed by atoms with Gasteiger partial charge in [-0.15, -0.1) is 0 Å². The molecule has 0 aliphatic heterocycles. The summed E-state index contributed by atoms with van der Waals surface area (Å²) < 4.78 is 0. The molecule has 3 fully saturated rings. The molecule has 3 saturated carbocycles. The van der Waals surface area contributed by atoms with E-state index >= 15 is 0 Å². The van der Waals surface area contributed by atoms with Gasteiger partial charge in [-0.25, -0.2) is 0 Å². The standard InChI is InChI=1S/C20H32O/c1-13(2)15-8-10-19(4)12-18-17(7-6-14(3)21)20(18,5)11-9-16(15)19/h15-18H,1,6-12H2,2-5H3. The fraction of sp³-hybridized carbons (Fsp3) is 0.850. The number of ketones is 1. The van der Waals surface area contributed by atoms with E-state index in [0.717, 1.165) is 36.5 Å². The Bertz CT molecular complexity index is 464. The summed E-state index contributed by atoms with van der Waals surface area (Å²) in [6, 6.07) is 0. The molecule has 0 heterocycles. The highest BCUT2D eigenvalue weighted by Crippen LogP contribution is 2.72. The lowest BCUT2D eigenvalue weighted by Crippen LogP contribution is -2.26. The Morgan fingerprint density at radius 2 is 1.86 bits per heavy atom. The Kier molecular flexibility index (Phi) is 3.62. The summed E-state index contributed by atoms with van der Waals surface area (Å²) in [6.45, 7) is 13.3. The number of rotatable bonds is 4. The van der Waals surface area contributed by atoms with Crippen LogP contribution in [0.1, 0.15) is 72.6 Å². The van der Waals surface area contributed by atoms with E-state index in [-0.39, 0.29) is 0 Å². The van der Waals surface area contributed by atoms with Crippen molar-refractivity contribution in [3.63, 3.8) is 0 Å². The Morgan fingerprint density at radius 3 is 2.48 bits per heavy atom. The Balaban J connectivity index is 1.72. The van der Waals surface area contributed by atoms with Crippen LogP contribution in [0, 0.1) is 34.5 Å². The maximum absolute atomic E-state index is 11.3. The van der Waals surface area contributed by atoms with Crippen molar-refractivity contribution in [3.05, 3.63) is 12.2 Å². The number of hydrogen-bond donors (Lipinski definition) is 0. The van der Waals surface area contributed by atoms with Gasteiger partial charge in [-0.1, -0.05) is 26.0 Å². The van der Waals surface area contributed by atoms with Crippen LogP contribution >= 0.6 is 0 Å². The maximum atomic E-state index is 11.3. The van der Waals surface area contributed by atoms with E-state index in [4.69, 9.17) is 0 Å². The third kappa shape index (κ3) is 2.41. The molecule has 3 aliphatic rings. The van der Waals surface area contributed by atoms with Crippen molar-refractivity contribution in [3.8, 4) is 0 Å². The zero-order chi connectivity index (χ0) is 15.4. The molecule has 0 aromatic heterocycles. The summed E-state index contributed by atoms with van der Waals surface area (Å²) in [5.41, 5.74) is 2.50. The van der Waals surface area contributed by atoms with Gasteiger partial charge >= 0.3 is 0 Å². The van der Waals surface area contributed by atoms with Crippen molar-refractivity contribution in [1.29, 1.82) is 0 Å². The highest BCUT2D eigenvalue weighted by Gasteiger charge is 2.64. The van der Waals surface area contributed by atoms with E-state index in [1.54, 1.807) is 6.92 Å². The molecule has 3 rings (SSSR count). The predicted octanol–water partition coefficient (Wildman–Crippen LogP) is 5.40. The first-order valence-corrected chi connectivity index (χ1v) is 8.93. The fourth-order valence-corrected chi connectivity index (χ4v) is 6.12. The van der Waals surface area contributed by atoms with Gasteiger partial charge in [0, 0.05) is 6.42 Å². The molecule has 21 heavy (non-hydrogen) atoms. The molecule has 0 amide bonds. The number of carbonyl (C=O) groups excluding carboxylic acids is 1. The molecule has 1 heteroatoms. The van der Waals surface area contributed by atoms with Gasteiger partial charge in [-0.05, 0) is 86.9 Å². The van der Waals surface area contributed by atoms with Crippen LogP contribution in [0.4, 0.5) is 0 Å². The van der Waals surface area contributed by atoms with E-state index < -0.39 is 0 Å². The van der Waals surface area contributed by atoms with Crippen molar-refractivity contribution in [2.45, 2.75) is 72.6 Å². The summed E-state index contributed by atoms with van der Waals surface area (Å²) >= 11 is 0.